The van der Waals surface area contributed by atoms with E-state index in [1.807, 2.05) is 4.90 Å². The van der Waals surface area contributed by atoms with Gasteiger partial charge in [-0.3, -0.25) is 9.59 Å². The summed E-state index contributed by atoms with van der Waals surface area (Å²) in [5.41, 5.74) is 3.30. The van der Waals surface area contributed by atoms with Crippen LogP contribution in [0.2, 0.25) is 0 Å². The lowest BCUT2D eigenvalue weighted by molar-refractivity contribution is -0.126. The summed E-state index contributed by atoms with van der Waals surface area (Å²) < 4.78 is 6.06. The van der Waals surface area contributed by atoms with E-state index >= 15 is 0 Å². The Morgan fingerprint density at radius 2 is 1.84 bits per heavy atom. The van der Waals surface area contributed by atoms with E-state index in [0.717, 1.165) is 36.5 Å². The molecule has 2 aromatic carbocycles. The highest BCUT2D eigenvalue weighted by Crippen LogP contribution is 2.34. The summed E-state index contributed by atoms with van der Waals surface area (Å²) in [4.78, 5) is 39.9. The van der Waals surface area contributed by atoms with Crippen molar-refractivity contribution < 1.29 is 14.3 Å². The Bertz CT molecular complexity index is 1380. The molecule has 0 radical (unpaired) electrons. The molecule has 3 aliphatic rings. The fourth-order valence-corrected chi connectivity index (χ4v) is 5.65. The van der Waals surface area contributed by atoms with Crippen LogP contribution in [-0.2, 0) is 22.6 Å². The number of carbonyl (C=O) groups is 2. The van der Waals surface area contributed by atoms with Crippen molar-refractivity contribution in [1.29, 1.82) is 0 Å². The maximum atomic E-state index is 12.1. The summed E-state index contributed by atoms with van der Waals surface area (Å²) in [7, 11) is 0. The van der Waals surface area contributed by atoms with Gasteiger partial charge in [-0.15, -0.1) is 0 Å². The second kappa shape index (κ2) is 10.3. The summed E-state index contributed by atoms with van der Waals surface area (Å²) in [5.74, 6) is 0.912. The predicted octanol–water partition coefficient (Wildman–Crippen LogP) is 2.68. The number of hydrogen-bond acceptors (Lipinski definition) is 7. The Hall–Kier alpha value is -4.14. The molecule has 1 aromatic heterocycles. The van der Waals surface area contributed by atoms with Crippen LogP contribution in [0.5, 0.6) is 6.01 Å². The Morgan fingerprint density at radius 1 is 1.03 bits per heavy atom. The van der Waals surface area contributed by atoms with Crippen LogP contribution in [0, 0.1) is 0 Å². The topological polar surface area (TPSA) is 90.9 Å². The number of aromatic nitrogens is 2. The predicted molar refractivity (Wildman–Crippen MR) is 146 cm³/mol. The quantitative estimate of drug-likeness (QED) is 0.508. The third kappa shape index (κ3) is 4.76. The molecular weight excluding hydrogens is 480 g/mol. The molecule has 2 fully saturated rings. The van der Waals surface area contributed by atoms with Crippen molar-refractivity contribution >= 4 is 34.1 Å². The van der Waals surface area contributed by atoms with E-state index in [-0.39, 0.29) is 17.9 Å². The van der Waals surface area contributed by atoms with Crippen molar-refractivity contribution in [3.05, 3.63) is 66.4 Å². The number of carbonyl (C=O) groups excluding carboxylic acids is 2. The number of benzene rings is 2. The fourth-order valence-electron chi connectivity index (χ4n) is 5.65. The third-order valence-corrected chi connectivity index (χ3v) is 7.69. The third-order valence-electron chi connectivity index (χ3n) is 7.69. The van der Waals surface area contributed by atoms with Gasteiger partial charge < -0.3 is 24.8 Å². The van der Waals surface area contributed by atoms with Gasteiger partial charge >= 0.3 is 6.01 Å². The minimum absolute atomic E-state index is 0.0220. The van der Waals surface area contributed by atoms with E-state index in [2.05, 4.69) is 64.2 Å². The van der Waals surface area contributed by atoms with Crippen LogP contribution in [0.1, 0.15) is 24.1 Å². The SMILES string of the molecule is C=CC(=O)N1CCN(c2nc(OC[C@H]3CCC(=O)N3)nc3c2CCN(c2cccc4ccccc24)C3)CC1. The highest BCUT2D eigenvalue weighted by atomic mass is 16.5. The Kier molecular flexibility index (Phi) is 6.57. The molecule has 38 heavy (non-hydrogen) atoms. The van der Waals surface area contributed by atoms with Crippen LogP contribution in [-0.4, -0.2) is 72.1 Å². The first-order valence-electron chi connectivity index (χ1n) is 13.3. The highest BCUT2D eigenvalue weighted by Gasteiger charge is 2.29. The van der Waals surface area contributed by atoms with Gasteiger partial charge in [0.15, 0.2) is 0 Å². The van der Waals surface area contributed by atoms with E-state index in [1.165, 1.54) is 22.5 Å². The molecule has 3 aromatic rings. The zero-order valence-electron chi connectivity index (χ0n) is 21.4. The van der Waals surface area contributed by atoms with Crippen LogP contribution in [0.4, 0.5) is 11.5 Å². The van der Waals surface area contributed by atoms with Gasteiger partial charge in [-0.05, 0) is 30.4 Å². The minimum Gasteiger partial charge on any atom is -0.461 e. The number of piperazine rings is 1. The van der Waals surface area contributed by atoms with Crippen molar-refractivity contribution in [2.24, 2.45) is 0 Å². The van der Waals surface area contributed by atoms with E-state index in [0.29, 0.717) is 51.8 Å². The molecule has 1 N–H and O–H groups in total. The molecule has 0 aliphatic carbocycles. The van der Waals surface area contributed by atoms with Crippen molar-refractivity contribution in [3.8, 4) is 6.01 Å². The molecule has 9 heteroatoms. The maximum Gasteiger partial charge on any atom is 0.318 e. The Labute approximate surface area is 222 Å². The van der Waals surface area contributed by atoms with Gasteiger partial charge in [0, 0.05) is 55.8 Å². The van der Waals surface area contributed by atoms with Crippen LogP contribution >= 0.6 is 0 Å². The van der Waals surface area contributed by atoms with Gasteiger partial charge in [0.25, 0.3) is 0 Å². The molecule has 0 spiro atoms. The molecule has 4 heterocycles. The number of nitrogens with zero attached hydrogens (tertiary/aromatic N) is 5. The number of ether oxygens (including phenoxy) is 1. The zero-order chi connectivity index (χ0) is 26.1. The van der Waals surface area contributed by atoms with Crippen LogP contribution in [0.3, 0.4) is 0 Å². The van der Waals surface area contributed by atoms with E-state index in [1.54, 1.807) is 0 Å². The largest absolute Gasteiger partial charge is 0.461 e. The number of hydrogen-bond donors (Lipinski definition) is 1. The normalized spacial score (nSPS) is 19.3. The second-order valence-corrected chi connectivity index (χ2v) is 10.1. The van der Waals surface area contributed by atoms with E-state index in [4.69, 9.17) is 14.7 Å². The van der Waals surface area contributed by atoms with Gasteiger partial charge in [-0.2, -0.15) is 9.97 Å². The average Bonchev–Trinajstić information content (AvgIpc) is 3.39. The van der Waals surface area contributed by atoms with Gasteiger partial charge in [-0.1, -0.05) is 43.0 Å². The van der Waals surface area contributed by atoms with Crippen LogP contribution in [0.15, 0.2) is 55.1 Å². The fraction of sp³-hybridized carbons (Fsp3) is 0.379. The van der Waals surface area contributed by atoms with Crippen molar-refractivity contribution in [2.45, 2.75) is 31.8 Å². The first kappa shape index (κ1) is 24.2. The van der Waals surface area contributed by atoms with E-state index < -0.39 is 0 Å². The van der Waals surface area contributed by atoms with E-state index in [9.17, 15) is 9.59 Å². The molecule has 3 aliphatic heterocycles. The molecule has 9 nitrogen and oxygen atoms in total. The minimum atomic E-state index is -0.0391. The van der Waals surface area contributed by atoms with Gasteiger partial charge in [0.1, 0.15) is 12.4 Å². The first-order chi connectivity index (χ1) is 18.6. The smallest absolute Gasteiger partial charge is 0.318 e. The first-order valence-corrected chi connectivity index (χ1v) is 13.3. The Morgan fingerprint density at radius 3 is 2.63 bits per heavy atom. The number of nitrogens with one attached hydrogen (secondary N) is 1. The molecule has 1 atom stereocenters. The van der Waals surface area contributed by atoms with Crippen molar-refractivity contribution in [1.82, 2.24) is 20.2 Å². The summed E-state index contributed by atoms with van der Waals surface area (Å²) in [5, 5.41) is 5.39. The van der Waals surface area contributed by atoms with Gasteiger partial charge in [0.05, 0.1) is 18.3 Å². The van der Waals surface area contributed by atoms with Crippen molar-refractivity contribution in [2.75, 3.05) is 49.1 Å². The van der Waals surface area contributed by atoms with Crippen LogP contribution < -0.4 is 19.9 Å². The zero-order valence-corrected chi connectivity index (χ0v) is 21.4. The molecule has 2 saturated heterocycles. The molecule has 196 valence electrons. The molecule has 2 amide bonds. The van der Waals surface area contributed by atoms with Crippen LogP contribution in [0.25, 0.3) is 10.8 Å². The van der Waals surface area contributed by atoms with Gasteiger partial charge in [0.2, 0.25) is 11.8 Å². The number of amides is 2. The number of anilines is 2. The molecule has 0 saturated carbocycles. The van der Waals surface area contributed by atoms with Crippen molar-refractivity contribution in [3.63, 3.8) is 0 Å². The maximum absolute atomic E-state index is 12.1. The summed E-state index contributed by atoms with van der Waals surface area (Å²) in [6, 6.07) is 15.2. The lowest BCUT2D eigenvalue weighted by Crippen LogP contribution is -2.49. The monoisotopic (exact) mass is 512 g/mol. The Balaban J connectivity index is 1.29. The molecule has 0 unspecified atom stereocenters. The standard InChI is InChI=1S/C29H32N6O3/c1-2-27(37)33-14-16-34(17-15-33)28-23-12-13-35(25-9-5-7-20-6-3-4-8-22(20)25)18-24(23)31-29(32-28)38-19-21-10-11-26(36)30-21/h2-9,21H,1,10-19H2,(H,30,36)/t21-/m1/s1. The average molecular weight is 513 g/mol. The lowest BCUT2D eigenvalue weighted by Gasteiger charge is -2.38. The van der Waals surface area contributed by atoms with Gasteiger partial charge in [-0.25, -0.2) is 0 Å². The number of rotatable bonds is 6. The summed E-state index contributed by atoms with van der Waals surface area (Å²) >= 11 is 0. The summed E-state index contributed by atoms with van der Waals surface area (Å²) in [6.07, 6.45) is 3.47. The highest BCUT2D eigenvalue weighted by molar-refractivity contribution is 5.94. The lowest BCUT2D eigenvalue weighted by atomic mass is 10.0. The molecular formula is C29H32N6O3. The second-order valence-electron chi connectivity index (χ2n) is 10.1. The number of fused-ring (bicyclic) bond motifs is 2. The summed E-state index contributed by atoms with van der Waals surface area (Å²) in [6.45, 7) is 8.10. The molecule has 6 rings (SSSR count). The molecule has 0 bridgehead atoms.